The Labute approximate surface area is 283 Å². The van der Waals surface area contributed by atoms with Crippen molar-refractivity contribution in [1.82, 2.24) is 15.5 Å². The van der Waals surface area contributed by atoms with Gasteiger partial charge in [0.25, 0.3) is 5.91 Å². The summed E-state index contributed by atoms with van der Waals surface area (Å²) in [6, 6.07) is 5.05. The third-order valence-electron chi connectivity index (χ3n) is 9.45. The number of nitrogens with zero attached hydrogens (tertiary/aromatic N) is 1. The number of allylic oxidation sites excluding steroid dienone is 2. The summed E-state index contributed by atoms with van der Waals surface area (Å²) in [7, 11) is 3.10. The number of epoxide rings is 1. The Morgan fingerprint density at radius 1 is 1.12 bits per heavy atom. The highest BCUT2D eigenvalue weighted by Gasteiger charge is 2.61. The van der Waals surface area contributed by atoms with Gasteiger partial charge >= 0.3 is 5.97 Å². The number of aliphatic hydroxyl groups is 2. The maximum atomic E-state index is 13.8. The lowest BCUT2D eigenvalue weighted by Gasteiger charge is -2.34. The highest BCUT2D eigenvalue weighted by atomic mass is 16.6. The molecule has 3 amide bonds. The summed E-state index contributed by atoms with van der Waals surface area (Å²) in [6.45, 7) is 11.1. The monoisotopic (exact) mass is 671 g/mol. The molecule has 48 heavy (non-hydrogen) atoms. The van der Waals surface area contributed by atoms with Crippen molar-refractivity contribution in [3.63, 3.8) is 0 Å². The Morgan fingerprint density at radius 3 is 2.33 bits per heavy atom. The Hall–Kier alpha value is -3.58. The number of likely N-dealkylation sites (N-methyl/N-ethyl adjacent to an activating group) is 1. The molecule has 0 radical (unpaired) electrons. The number of hydrogen-bond acceptors (Lipinski definition) is 9. The summed E-state index contributed by atoms with van der Waals surface area (Å²) in [6.07, 6.45) is 4.93. The molecule has 0 spiro atoms. The zero-order valence-corrected chi connectivity index (χ0v) is 29.6. The molecule has 2 aliphatic heterocycles. The fraction of sp³-hybridized carbons (Fsp3) is 0.611. The molecule has 12 nitrogen and oxygen atoms in total. The van der Waals surface area contributed by atoms with E-state index in [4.69, 9.17) is 14.2 Å². The highest BCUT2D eigenvalue weighted by Crippen LogP contribution is 2.42. The van der Waals surface area contributed by atoms with Crippen molar-refractivity contribution in [2.24, 2.45) is 11.8 Å². The number of fused-ring (bicyclic) bond motifs is 1. The largest absolute Gasteiger partial charge is 0.455 e. The molecule has 4 N–H and O–H groups in total. The summed E-state index contributed by atoms with van der Waals surface area (Å²) in [5, 5.41) is 26.2. The predicted molar refractivity (Wildman–Crippen MR) is 179 cm³/mol. The topological polar surface area (TPSA) is 167 Å². The minimum absolute atomic E-state index is 0.330. The third-order valence-corrected chi connectivity index (χ3v) is 9.45. The zero-order chi connectivity index (χ0) is 36.0. The molecule has 2 heterocycles. The summed E-state index contributed by atoms with van der Waals surface area (Å²) >= 11 is 0. The molecule has 0 bridgehead atoms. The standard InChI is InChI=1S/C36H53N3O9/c1-10-21(2)28-32(42)37-25(20-40)31(41)38-30(35(5,6)45)33(43)47-29(24-17-12-11-13-18-24)23(4)16-14-15-22(3)26(46-9)19-27-36(7,48-27)34(44)39(28)8/h11-18,21,23,25-30,40,45H,10,19-20H2,1-9H3,(H,37,42)(H,38,41)/b16-14+,22-15+/t21-,23+,25+,26+,27-,28-,29-,30+,36+/m0/s1. The van der Waals surface area contributed by atoms with Crippen LogP contribution in [0.5, 0.6) is 0 Å². The van der Waals surface area contributed by atoms with Crippen LogP contribution in [0.4, 0.5) is 0 Å². The van der Waals surface area contributed by atoms with Gasteiger partial charge < -0.3 is 40.0 Å². The van der Waals surface area contributed by atoms with Crippen LogP contribution in [0.1, 0.15) is 73.0 Å². The lowest BCUT2D eigenvalue weighted by molar-refractivity contribution is -0.162. The van der Waals surface area contributed by atoms with Crippen molar-refractivity contribution in [2.45, 2.75) is 109 Å². The average Bonchev–Trinajstić information content (AvgIpc) is 3.71. The van der Waals surface area contributed by atoms with Gasteiger partial charge in [-0.2, -0.15) is 0 Å². The summed E-state index contributed by atoms with van der Waals surface area (Å²) in [5.41, 5.74) is -1.39. The predicted octanol–water partition coefficient (Wildman–Crippen LogP) is 2.59. The van der Waals surface area contributed by atoms with Crippen LogP contribution in [-0.4, -0.2) is 101 Å². The van der Waals surface area contributed by atoms with Gasteiger partial charge in [0.1, 0.15) is 18.2 Å². The van der Waals surface area contributed by atoms with Crippen LogP contribution in [0.25, 0.3) is 0 Å². The number of carbonyl (C=O) groups excluding carboxylic acids is 4. The van der Waals surface area contributed by atoms with Crippen molar-refractivity contribution < 1.29 is 43.6 Å². The Morgan fingerprint density at radius 2 is 1.77 bits per heavy atom. The molecule has 1 aromatic carbocycles. The van der Waals surface area contributed by atoms with E-state index >= 15 is 0 Å². The first-order valence-corrected chi connectivity index (χ1v) is 16.5. The van der Waals surface area contributed by atoms with E-state index in [-0.39, 0.29) is 17.9 Å². The van der Waals surface area contributed by atoms with E-state index < -0.39 is 71.8 Å². The van der Waals surface area contributed by atoms with Crippen LogP contribution < -0.4 is 10.6 Å². The second kappa shape index (κ2) is 16.2. The quantitative estimate of drug-likeness (QED) is 0.263. The number of aliphatic hydroxyl groups excluding tert-OH is 1. The number of hydrogen-bond donors (Lipinski definition) is 4. The minimum Gasteiger partial charge on any atom is -0.455 e. The van der Waals surface area contributed by atoms with Crippen molar-refractivity contribution in [3.05, 3.63) is 59.7 Å². The van der Waals surface area contributed by atoms with E-state index in [1.54, 1.807) is 14.0 Å². The first kappa shape index (κ1) is 38.9. The van der Waals surface area contributed by atoms with Crippen LogP contribution in [-0.2, 0) is 33.4 Å². The van der Waals surface area contributed by atoms with Crippen molar-refractivity contribution >= 4 is 23.7 Å². The van der Waals surface area contributed by atoms with Gasteiger partial charge in [-0.15, -0.1) is 0 Å². The first-order chi connectivity index (χ1) is 22.5. The normalized spacial score (nSPS) is 33.9. The molecule has 1 aromatic rings. The molecule has 0 aromatic heterocycles. The van der Waals surface area contributed by atoms with E-state index in [1.165, 1.54) is 25.8 Å². The van der Waals surface area contributed by atoms with E-state index in [9.17, 15) is 29.4 Å². The first-order valence-electron chi connectivity index (χ1n) is 16.5. The number of esters is 1. The van der Waals surface area contributed by atoms with E-state index in [0.29, 0.717) is 18.4 Å². The number of methoxy groups -OCH3 is 1. The number of ether oxygens (including phenoxy) is 3. The summed E-state index contributed by atoms with van der Waals surface area (Å²) in [5.74, 6) is -3.56. The fourth-order valence-corrected chi connectivity index (χ4v) is 6.02. The van der Waals surface area contributed by atoms with Gasteiger partial charge in [0.2, 0.25) is 11.8 Å². The Bertz CT molecular complexity index is 1360. The van der Waals surface area contributed by atoms with Crippen LogP contribution in [0.2, 0.25) is 0 Å². The molecule has 1 fully saturated rings. The maximum absolute atomic E-state index is 13.8. The number of nitrogens with one attached hydrogen (secondary N) is 2. The molecular weight excluding hydrogens is 618 g/mol. The van der Waals surface area contributed by atoms with Crippen molar-refractivity contribution in [1.29, 1.82) is 0 Å². The van der Waals surface area contributed by atoms with Crippen LogP contribution >= 0.6 is 0 Å². The molecule has 0 saturated carbocycles. The van der Waals surface area contributed by atoms with Gasteiger partial charge in [-0.1, -0.05) is 75.8 Å². The lowest BCUT2D eigenvalue weighted by Crippen LogP contribution is -2.62. The lowest BCUT2D eigenvalue weighted by atomic mass is 9.93. The Balaban J connectivity index is 2.08. The molecule has 2 aliphatic rings. The highest BCUT2D eigenvalue weighted by molar-refractivity contribution is 5.96. The van der Waals surface area contributed by atoms with Crippen LogP contribution in [0.15, 0.2) is 54.1 Å². The Kier molecular flexibility index (Phi) is 13.1. The van der Waals surface area contributed by atoms with E-state index in [2.05, 4.69) is 10.6 Å². The van der Waals surface area contributed by atoms with Crippen LogP contribution in [0.3, 0.4) is 0 Å². The van der Waals surface area contributed by atoms with E-state index in [1.807, 2.05) is 76.3 Å². The van der Waals surface area contributed by atoms with Crippen molar-refractivity contribution in [2.75, 3.05) is 20.8 Å². The third kappa shape index (κ3) is 9.10. The molecular formula is C36H53N3O9. The number of rotatable bonds is 6. The summed E-state index contributed by atoms with van der Waals surface area (Å²) < 4.78 is 17.7. The van der Waals surface area contributed by atoms with Gasteiger partial charge in [0.15, 0.2) is 11.6 Å². The average molecular weight is 672 g/mol. The summed E-state index contributed by atoms with van der Waals surface area (Å²) in [4.78, 5) is 56.1. The van der Waals surface area contributed by atoms with Crippen LogP contribution in [0, 0.1) is 11.8 Å². The zero-order valence-electron chi connectivity index (χ0n) is 29.6. The minimum atomic E-state index is -1.79. The molecule has 9 atom stereocenters. The molecule has 12 heteroatoms. The van der Waals surface area contributed by atoms with Gasteiger partial charge in [-0.25, -0.2) is 4.79 Å². The smallest absolute Gasteiger partial charge is 0.332 e. The van der Waals surface area contributed by atoms with Gasteiger partial charge in [-0.05, 0) is 44.7 Å². The van der Waals surface area contributed by atoms with Gasteiger partial charge in [0.05, 0.1) is 24.4 Å². The molecule has 0 aliphatic carbocycles. The second-order valence-corrected chi connectivity index (χ2v) is 13.7. The number of carbonyl (C=O) groups is 4. The van der Waals surface area contributed by atoms with Gasteiger partial charge in [-0.3, -0.25) is 14.4 Å². The SMILES string of the molecule is CC[C@H](C)[C@H]1C(=O)N[C@H](CO)C(=O)N[C@@H](C(C)(C)O)C(=O)O[C@H](c2ccccc2)[C@H](C)/C=C/C=C(\C)[C@H](OC)C[C@@H]2O[C@@]2(C)C(=O)N1C. The van der Waals surface area contributed by atoms with Crippen molar-refractivity contribution in [3.8, 4) is 0 Å². The molecule has 3 rings (SSSR count). The van der Waals surface area contributed by atoms with E-state index in [0.717, 1.165) is 5.57 Å². The van der Waals surface area contributed by atoms with Gasteiger partial charge in [0, 0.05) is 26.5 Å². The second-order valence-electron chi connectivity index (χ2n) is 13.7. The number of amides is 3. The molecule has 266 valence electrons. The fourth-order valence-electron chi connectivity index (χ4n) is 6.02. The molecule has 1 saturated heterocycles. The number of benzene rings is 1. The maximum Gasteiger partial charge on any atom is 0.332 e. The number of cyclic esters (lactones) is 1. The molecule has 0 unspecified atom stereocenters.